The number of anilines is 1. The van der Waals surface area contributed by atoms with Crippen LogP contribution < -0.4 is 10.5 Å². The zero-order valence-corrected chi connectivity index (χ0v) is 17.4. The second kappa shape index (κ2) is 9.02. The summed E-state index contributed by atoms with van der Waals surface area (Å²) in [7, 11) is -3.95. The Kier molecular flexibility index (Phi) is 6.42. The van der Waals surface area contributed by atoms with Gasteiger partial charge in [-0.1, -0.05) is 36.4 Å². The number of ketones is 1. The second-order valence-corrected chi connectivity index (χ2v) is 8.43. The standard InChI is InChI=1S/C21H20N4O5S/c1-13(27)25-31(29,30)17-8-4-14(5-9-17)10-19(28)20-21(22)23-11-18(24-20)16-6-2-15(12-26)3-7-16/h2-9,11,26H,10,12H2,1H3,(H2,22,23)(H,25,27). The van der Waals surface area contributed by atoms with E-state index in [4.69, 9.17) is 10.8 Å². The summed E-state index contributed by atoms with van der Waals surface area (Å²) in [6.07, 6.45) is 1.40. The molecule has 2 aromatic carbocycles. The molecule has 1 aromatic heterocycles. The minimum Gasteiger partial charge on any atom is -0.392 e. The number of nitrogens with one attached hydrogen (secondary N) is 1. The first kappa shape index (κ1) is 22.1. The van der Waals surface area contributed by atoms with Crippen LogP contribution in [-0.2, 0) is 27.8 Å². The van der Waals surface area contributed by atoms with E-state index < -0.39 is 15.9 Å². The van der Waals surface area contributed by atoms with Crippen molar-refractivity contribution in [3.8, 4) is 11.3 Å². The molecule has 9 nitrogen and oxygen atoms in total. The van der Waals surface area contributed by atoms with Crippen LogP contribution in [0.5, 0.6) is 0 Å². The second-order valence-electron chi connectivity index (χ2n) is 6.75. The van der Waals surface area contributed by atoms with Crippen molar-refractivity contribution in [3.05, 3.63) is 71.5 Å². The summed E-state index contributed by atoms with van der Waals surface area (Å²) in [5, 5.41) is 9.15. The van der Waals surface area contributed by atoms with Crippen LogP contribution >= 0.6 is 0 Å². The number of nitrogen functional groups attached to an aromatic ring is 1. The largest absolute Gasteiger partial charge is 0.392 e. The van der Waals surface area contributed by atoms with Crippen LogP contribution in [0.25, 0.3) is 11.3 Å². The summed E-state index contributed by atoms with van der Waals surface area (Å²) in [4.78, 5) is 32.1. The van der Waals surface area contributed by atoms with E-state index >= 15 is 0 Å². The van der Waals surface area contributed by atoms with Gasteiger partial charge in [0, 0.05) is 18.9 Å². The number of Topliss-reactive ketones (excluding diaryl/α,β-unsaturated/α-hetero) is 1. The number of nitrogens with zero attached hydrogens (tertiary/aromatic N) is 2. The fourth-order valence-corrected chi connectivity index (χ4v) is 3.82. The average Bonchev–Trinajstić information content (AvgIpc) is 2.73. The number of nitrogens with two attached hydrogens (primary N) is 1. The maximum absolute atomic E-state index is 12.8. The highest BCUT2D eigenvalue weighted by Gasteiger charge is 2.18. The topological polar surface area (TPSA) is 152 Å². The number of rotatable bonds is 7. The smallest absolute Gasteiger partial charge is 0.264 e. The highest BCUT2D eigenvalue weighted by atomic mass is 32.2. The molecular weight excluding hydrogens is 420 g/mol. The fraction of sp³-hybridized carbons (Fsp3) is 0.143. The number of benzene rings is 2. The minimum absolute atomic E-state index is 0.00872. The van der Waals surface area contributed by atoms with Crippen molar-refractivity contribution < 1.29 is 23.1 Å². The first-order chi connectivity index (χ1) is 14.7. The fourth-order valence-electron chi connectivity index (χ4n) is 2.83. The van der Waals surface area contributed by atoms with E-state index in [0.29, 0.717) is 16.8 Å². The van der Waals surface area contributed by atoms with Crippen LogP contribution in [0.3, 0.4) is 0 Å². The predicted molar refractivity (Wildman–Crippen MR) is 113 cm³/mol. The van der Waals surface area contributed by atoms with Gasteiger partial charge in [0.2, 0.25) is 5.91 Å². The molecule has 0 unspecified atom stereocenters. The molecule has 1 heterocycles. The van der Waals surface area contributed by atoms with Crippen molar-refractivity contribution in [3.63, 3.8) is 0 Å². The van der Waals surface area contributed by atoms with Gasteiger partial charge >= 0.3 is 0 Å². The Hall–Kier alpha value is -3.63. The molecule has 0 radical (unpaired) electrons. The monoisotopic (exact) mass is 440 g/mol. The Bertz CT molecular complexity index is 1220. The third kappa shape index (κ3) is 5.30. The van der Waals surface area contributed by atoms with Gasteiger partial charge in [-0.15, -0.1) is 0 Å². The number of hydrogen-bond acceptors (Lipinski definition) is 8. The molecule has 0 atom stereocenters. The molecule has 3 aromatic rings. The van der Waals surface area contributed by atoms with Gasteiger partial charge in [0.15, 0.2) is 11.6 Å². The average molecular weight is 440 g/mol. The Morgan fingerprint density at radius 2 is 1.65 bits per heavy atom. The van der Waals surface area contributed by atoms with Crippen molar-refractivity contribution in [2.75, 3.05) is 5.73 Å². The summed E-state index contributed by atoms with van der Waals surface area (Å²) >= 11 is 0. The van der Waals surface area contributed by atoms with Crippen LogP contribution in [0.15, 0.2) is 59.6 Å². The van der Waals surface area contributed by atoms with E-state index in [-0.39, 0.29) is 35.2 Å². The molecule has 0 aliphatic carbocycles. The van der Waals surface area contributed by atoms with Gasteiger partial charge in [-0.3, -0.25) is 9.59 Å². The zero-order valence-electron chi connectivity index (χ0n) is 16.6. The Morgan fingerprint density at radius 3 is 2.23 bits per heavy atom. The summed E-state index contributed by atoms with van der Waals surface area (Å²) in [6, 6.07) is 12.6. The third-order valence-corrected chi connectivity index (χ3v) is 5.82. The lowest BCUT2D eigenvalue weighted by Gasteiger charge is -2.08. The Balaban J connectivity index is 1.81. The number of carbonyl (C=O) groups excluding carboxylic acids is 2. The predicted octanol–water partition coefficient (Wildman–Crippen LogP) is 1.47. The molecule has 0 saturated heterocycles. The summed E-state index contributed by atoms with van der Waals surface area (Å²) < 4.78 is 25.9. The van der Waals surface area contributed by atoms with E-state index in [1.165, 1.54) is 30.5 Å². The lowest BCUT2D eigenvalue weighted by molar-refractivity contribution is -0.117. The van der Waals surface area contributed by atoms with E-state index in [2.05, 4.69) is 9.97 Å². The molecule has 0 aliphatic heterocycles. The Labute approximate surface area is 179 Å². The van der Waals surface area contributed by atoms with Crippen LogP contribution in [0.2, 0.25) is 0 Å². The van der Waals surface area contributed by atoms with Gasteiger partial charge in [0.05, 0.1) is 23.4 Å². The number of sulfonamides is 1. The molecular formula is C21H20N4O5S. The van der Waals surface area contributed by atoms with Crippen LogP contribution in [0.4, 0.5) is 5.82 Å². The lowest BCUT2D eigenvalue weighted by Crippen LogP contribution is -2.28. The van der Waals surface area contributed by atoms with Gasteiger partial charge in [0.1, 0.15) is 5.69 Å². The number of aliphatic hydroxyl groups excluding tert-OH is 1. The molecule has 4 N–H and O–H groups in total. The van der Waals surface area contributed by atoms with Crippen molar-refractivity contribution in [2.45, 2.75) is 24.8 Å². The summed E-state index contributed by atoms with van der Waals surface area (Å²) in [5.41, 5.74) is 8.32. The van der Waals surface area contributed by atoms with Crippen molar-refractivity contribution in [1.82, 2.24) is 14.7 Å². The molecule has 0 saturated carbocycles. The molecule has 10 heteroatoms. The molecule has 31 heavy (non-hydrogen) atoms. The van der Waals surface area contributed by atoms with Gasteiger partial charge in [-0.25, -0.2) is 23.1 Å². The highest BCUT2D eigenvalue weighted by molar-refractivity contribution is 7.90. The zero-order chi connectivity index (χ0) is 22.6. The maximum atomic E-state index is 12.8. The van der Waals surface area contributed by atoms with E-state index in [1.807, 2.05) is 4.72 Å². The highest BCUT2D eigenvalue weighted by Crippen LogP contribution is 2.20. The van der Waals surface area contributed by atoms with E-state index in [9.17, 15) is 18.0 Å². The molecule has 160 valence electrons. The SMILES string of the molecule is CC(=O)NS(=O)(=O)c1ccc(CC(=O)c2nc(-c3ccc(CO)cc3)cnc2N)cc1. The lowest BCUT2D eigenvalue weighted by atomic mass is 10.1. The van der Waals surface area contributed by atoms with Crippen LogP contribution in [-0.4, -0.2) is 35.2 Å². The van der Waals surface area contributed by atoms with Crippen molar-refractivity contribution >= 4 is 27.5 Å². The molecule has 3 rings (SSSR count). The van der Waals surface area contributed by atoms with Crippen molar-refractivity contribution in [1.29, 1.82) is 0 Å². The summed E-state index contributed by atoms with van der Waals surface area (Å²) in [6.45, 7) is 1.02. The first-order valence-corrected chi connectivity index (χ1v) is 10.7. The number of aliphatic hydroxyl groups is 1. The molecule has 1 amide bonds. The number of hydrogen-bond donors (Lipinski definition) is 3. The van der Waals surface area contributed by atoms with Crippen LogP contribution in [0.1, 0.15) is 28.5 Å². The molecule has 0 aliphatic rings. The van der Waals surface area contributed by atoms with Crippen LogP contribution in [0, 0.1) is 0 Å². The number of amides is 1. The number of carbonyl (C=O) groups is 2. The quantitative estimate of drug-likeness (QED) is 0.467. The number of aromatic nitrogens is 2. The summed E-state index contributed by atoms with van der Waals surface area (Å²) in [5.74, 6) is -1.08. The van der Waals surface area contributed by atoms with Gasteiger partial charge in [0.25, 0.3) is 10.0 Å². The molecule has 0 spiro atoms. The molecule has 0 fully saturated rings. The third-order valence-electron chi connectivity index (χ3n) is 4.37. The van der Waals surface area contributed by atoms with Gasteiger partial charge in [-0.2, -0.15) is 0 Å². The van der Waals surface area contributed by atoms with Crippen molar-refractivity contribution in [2.24, 2.45) is 0 Å². The van der Waals surface area contributed by atoms with Gasteiger partial charge in [-0.05, 0) is 23.3 Å². The van der Waals surface area contributed by atoms with E-state index in [0.717, 1.165) is 12.5 Å². The molecule has 0 bridgehead atoms. The maximum Gasteiger partial charge on any atom is 0.264 e. The normalized spacial score (nSPS) is 11.2. The van der Waals surface area contributed by atoms with E-state index in [1.54, 1.807) is 24.3 Å². The minimum atomic E-state index is -3.95. The van der Waals surface area contributed by atoms with Gasteiger partial charge < -0.3 is 10.8 Å². The Morgan fingerprint density at radius 1 is 1.03 bits per heavy atom. The first-order valence-electron chi connectivity index (χ1n) is 9.18.